The first-order chi connectivity index (χ1) is 27.8. The van der Waals surface area contributed by atoms with Crippen molar-refractivity contribution in [3.8, 4) is 56.7 Å². The molecule has 0 amide bonds. The van der Waals surface area contributed by atoms with Gasteiger partial charge in [0.05, 0.1) is 22.1 Å². The molecule has 0 fully saturated rings. The molecule has 6 nitrogen and oxygen atoms in total. The van der Waals surface area contributed by atoms with E-state index in [1.807, 2.05) is 85.2 Å². The van der Waals surface area contributed by atoms with Gasteiger partial charge in [-0.05, 0) is 71.8 Å². The van der Waals surface area contributed by atoms with E-state index in [-0.39, 0.29) is 0 Å². The van der Waals surface area contributed by atoms with Gasteiger partial charge in [-0.1, -0.05) is 121 Å². The quantitative estimate of drug-likeness (QED) is 0.172. The first-order valence-corrected chi connectivity index (χ1v) is 18.7. The van der Waals surface area contributed by atoms with Crippen molar-refractivity contribution < 1.29 is 0 Å². The van der Waals surface area contributed by atoms with E-state index in [9.17, 15) is 0 Å². The van der Waals surface area contributed by atoms with Gasteiger partial charge in [0.25, 0.3) is 0 Å². The number of benzene rings is 7. The van der Waals surface area contributed by atoms with Crippen molar-refractivity contribution in [2.75, 3.05) is 0 Å². The van der Waals surface area contributed by atoms with Crippen LogP contribution in [0.4, 0.5) is 0 Å². The molecule has 4 aromatic heterocycles. The maximum atomic E-state index is 5.12. The second-order valence-electron chi connectivity index (χ2n) is 13.9. The maximum Gasteiger partial charge on any atom is 0.164 e. The number of rotatable bonds is 6. The summed E-state index contributed by atoms with van der Waals surface area (Å²) in [6.07, 6.45) is 3.67. The van der Waals surface area contributed by atoms with Gasteiger partial charge in [-0.3, -0.25) is 4.98 Å². The highest BCUT2D eigenvalue weighted by Gasteiger charge is 2.20. The lowest BCUT2D eigenvalue weighted by Crippen LogP contribution is -2.02. The Morgan fingerprint density at radius 1 is 0.304 bits per heavy atom. The van der Waals surface area contributed by atoms with Crippen LogP contribution < -0.4 is 0 Å². The van der Waals surface area contributed by atoms with E-state index in [0.717, 1.165) is 50.2 Å². The molecule has 56 heavy (non-hydrogen) atoms. The monoisotopic (exact) mass is 716 g/mol. The van der Waals surface area contributed by atoms with E-state index in [1.165, 1.54) is 32.6 Å². The minimum atomic E-state index is 0.604. The number of hydrogen-bond donors (Lipinski definition) is 0. The van der Waals surface area contributed by atoms with Crippen LogP contribution in [0.3, 0.4) is 0 Å². The molecule has 0 N–H and O–H groups in total. The largest absolute Gasteiger partial charge is 0.309 e. The van der Waals surface area contributed by atoms with Crippen molar-refractivity contribution in [3.05, 3.63) is 194 Å². The average Bonchev–Trinajstić information content (AvgIpc) is 3.79. The Kier molecular flexibility index (Phi) is 7.38. The predicted octanol–water partition coefficient (Wildman–Crippen LogP) is 12.1. The van der Waals surface area contributed by atoms with E-state index in [0.29, 0.717) is 17.5 Å². The van der Waals surface area contributed by atoms with Gasteiger partial charge in [0.2, 0.25) is 0 Å². The van der Waals surface area contributed by atoms with E-state index in [4.69, 9.17) is 15.0 Å². The first kappa shape index (κ1) is 31.8. The fourth-order valence-corrected chi connectivity index (χ4v) is 8.14. The molecule has 0 atom stereocenters. The van der Waals surface area contributed by atoms with Crippen molar-refractivity contribution >= 4 is 43.6 Å². The fourth-order valence-electron chi connectivity index (χ4n) is 8.14. The van der Waals surface area contributed by atoms with Crippen LogP contribution in [0.5, 0.6) is 0 Å². The molecule has 0 spiro atoms. The van der Waals surface area contributed by atoms with Crippen LogP contribution in [0.25, 0.3) is 100 Å². The standard InChI is InChI=1S/C50H32N6/c1-3-13-34(14-4-1)48-52-49(35-15-5-2-6-16-35)54-50(53-48)42-26-24-36(31-43(42)33-27-29-51-30-28-33)56-46-22-12-9-19-40(46)41-25-23-37(32-47(41)56)55-44-20-10-7-17-38(44)39-18-8-11-21-45(39)55/h1-32H. The lowest BCUT2D eigenvalue weighted by atomic mass is 9.98. The number of hydrogen-bond acceptors (Lipinski definition) is 4. The third-order valence-electron chi connectivity index (χ3n) is 10.7. The Morgan fingerprint density at radius 2 is 0.750 bits per heavy atom. The lowest BCUT2D eigenvalue weighted by molar-refractivity contribution is 1.07. The Labute approximate surface area is 322 Å². The SMILES string of the molecule is c1ccc(-c2nc(-c3ccccc3)nc(-c3ccc(-n4c5ccccc5c5ccc(-n6c7ccccc7c7ccccc76)cc54)cc3-c3ccncc3)n2)cc1. The summed E-state index contributed by atoms with van der Waals surface area (Å²) in [6.45, 7) is 0. The van der Waals surface area contributed by atoms with Crippen LogP contribution in [0.1, 0.15) is 0 Å². The summed E-state index contributed by atoms with van der Waals surface area (Å²) in [5.74, 6) is 1.85. The summed E-state index contributed by atoms with van der Waals surface area (Å²) in [5.41, 5.74) is 11.5. The molecule has 262 valence electrons. The van der Waals surface area contributed by atoms with Gasteiger partial charge in [-0.2, -0.15) is 0 Å². The van der Waals surface area contributed by atoms with E-state index < -0.39 is 0 Å². The summed E-state index contributed by atoms with van der Waals surface area (Å²) in [5, 5.41) is 4.87. The normalized spacial score (nSPS) is 11.6. The first-order valence-electron chi connectivity index (χ1n) is 18.7. The predicted molar refractivity (Wildman–Crippen MR) is 228 cm³/mol. The van der Waals surface area contributed by atoms with Gasteiger partial charge in [0, 0.05) is 62.0 Å². The molecule has 0 aliphatic heterocycles. The average molecular weight is 717 g/mol. The molecule has 0 bridgehead atoms. The third kappa shape index (κ3) is 5.19. The topological polar surface area (TPSA) is 61.4 Å². The molecule has 0 aliphatic carbocycles. The molecule has 0 aliphatic rings. The molecule has 0 radical (unpaired) electrons. The van der Waals surface area contributed by atoms with Crippen LogP contribution in [0.15, 0.2) is 194 Å². The highest BCUT2D eigenvalue weighted by Crippen LogP contribution is 2.39. The maximum absolute atomic E-state index is 5.12. The van der Waals surface area contributed by atoms with Gasteiger partial charge in [0.1, 0.15) is 0 Å². The Balaban J connectivity index is 1.16. The number of aromatic nitrogens is 6. The fraction of sp³-hybridized carbons (Fsp3) is 0. The number of para-hydroxylation sites is 3. The minimum Gasteiger partial charge on any atom is -0.309 e. The molecule has 0 unspecified atom stereocenters. The highest BCUT2D eigenvalue weighted by atomic mass is 15.0. The van der Waals surface area contributed by atoms with Crippen molar-refractivity contribution in [3.63, 3.8) is 0 Å². The zero-order valence-corrected chi connectivity index (χ0v) is 30.2. The molecular weight excluding hydrogens is 685 g/mol. The smallest absolute Gasteiger partial charge is 0.164 e. The van der Waals surface area contributed by atoms with E-state index in [2.05, 4.69) is 123 Å². The number of nitrogens with zero attached hydrogens (tertiary/aromatic N) is 6. The molecule has 0 saturated heterocycles. The summed E-state index contributed by atoms with van der Waals surface area (Å²) in [4.78, 5) is 19.6. The van der Waals surface area contributed by atoms with E-state index >= 15 is 0 Å². The van der Waals surface area contributed by atoms with E-state index in [1.54, 1.807) is 0 Å². The molecule has 4 heterocycles. The molecule has 6 heteroatoms. The zero-order valence-electron chi connectivity index (χ0n) is 30.2. The summed E-state index contributed by atoms with van der Waals surface area (Å²) in [7, 11) is 0. The second-order valence-corrected chi connectivity index (χ2v) is 13.9. The van der Waals surface area contributed by atoms with Crippen LogP contribution in [0, 0.1) is 0 Å². The summed E-state index contributed by atoms with van der Waals surface area (Å²) >= 11 is 0. The van der Waals surface area contributed by atoms with Gasteiger partial charge in [-0.15, -0.1) is 0 Å². The molecule has 0 saturated carbocycles. The Morgan fingerprint density at radius 3 is 1.32 bits per heavy atom. The van der Waals surface area contributed by atoms with Crippen molar-refractivity contribution in [2.24, 2.45) is 0 Å². The third-order valence-corrected chi connectivity index (χ3v) is 10.7. The van der Waals surface area contributed by atoms with Crippen molar-refractivity contribution in [1.82, 2.24) is 29.1 Å². The van der Waals surface area contributed by atoms with Crippen LogP contribution in [0.2, 0.25) is 0 Å². The summed E-state index contributed by atoms with van der Waals surface area (Å²) in [6, 6.07) is 63.7. The Bertz CT molecular complexity index is 3130. The van der Waals surface area contributed by atoms with Crippen molar-refractivity contribution in [2.45, 2.75) is 0 Å². The van der Waals surface area contributed by atoms with Crippen LogP contribution in [-0.2, 0) is 0 Å². The second kappa shape index (κ2) is 13.0. The summed E-state index contributed by atoms with van der Waals surface area (Å²) < 4.78 is 4.77. The van der Waals surface area contributed by atoms with Gasteiger partial charge >= 0.3 is 0 Å². The van der Waals surface area contributed by atoms with Crippen LogP contribution in [-0.4, -0.2) is 29.1 Å². The van der Waals surface area contributed by atoms with Gasteiger partial charge in [-0.25, -0.2) is 15.0 Å². The molecule has 7 aromatic carbocycles. The van der Waals surface area contributed by atoms with Gasteiger partial charge in [0.15, 0.2) is 17.5 Å². The molecule has 11 rings (SSSR count). The number of fused-ring (bicyclic) bond motifs is 6. The Hall–Kier alpha value is -7.70. The van der Waals surface area contributed by atoms with Crippen molar-refractivity contribution in [1.29, 1.82) is 0 Å². The minimum absolute atomic E-state index is 0.604. The lowest BCUT2D eigenvalue weighted by Gasteiger charge is -2.16. The molecular formula is C50H32N6. The highest BCUT2D eigenvalue weighted by molar-refractivity contribution is 6.12. The van der Waals surface area contributed by atoms with Crippen LogP contribution >= 0.6 is 0 Å². The number of pyridine rings is 1. The molecule has 11 aromatic rings. The zero-order chi connectivity index (χ0) is 37.0. The van der Waals surface area contributed by atoms with Gasteiger partial charge < -0.3 is 9.13 Å².